The zero-order valence-electron chi connectivity index (χ0n) is 20.8. The van der Waals surface area contributed by atoms with E-state index in [1.165, 1.54) is 0 Å². The van der Waals surface area contributed by atoms with Crippen molar-refractivity contribution in [3.63, 3.8) is 0 Å². The first-order valence-corrected chi connectivity index (χ1v) is 13.2. The molecule has 1 unspecified atom stereocenters. The zero-order chi connectivity index (χ0) is 25.6. The van der Waals surface area contributed by atoms with E-state index in [-0.39, 0.29) is 24.8 Å². The van der Waals surface area contributed by atoms with Crippen molar-refractivity contribution in [2.45, 2.75) is 31.9 Å². The Labute approximate surface area is 222 Å². The van der Waals surface area contributed by atoms with Gasteiger partial charge in [-0.2, -0.15) is 0 Å². The second kappa shape index (κ2) is 11.7. The maximum atomic E-state index is 13.0. The molecule has 2 fully saturated rings. The number of fused-ring (bicyclic) bond motifs is 1. The number of anilines is 1. The number of nitrogens with one attached hydrogen (secondary N) is 1. The fourth-order valence-corrected chi connectivity index (χ4v) is 5.20. The number of nitrogens with zero attached hydrogens (tertiary/aromatic N) is 4. The first-order valence-electron chi connectivity index (χ1n) is 12.9. The average Bonchev–Trinajstić information content (AvgIpc) is 3.17. The van der Waals surface area contributed by atoms with Crippen molar-refractivity contribution in [1.29, 1.82) is 0 Å². The molecule has 2 aliphatic heterocycles. The first-order chi connectivity index (χ1) is 18.1. The molecular formula is C28H32ClN5O3. The van der Waals surface area contributed by atoms with E-state index in [0.29, 0.717) is 31.2 Å². The van der Waals surface area contributed by atoms with Crippen LogP contribution in [0.15, 0.2) is 60.8 Å². The number of ether oxygens (including phenoxy) is 1. The van der Waals surface area contributed by atoms with Gasteiger partial charge < -0.3 is 24.8 Å². The fourth-order valence-electron chi connectivity index (χ4n) is 5.03. The minimum Gasteiger partial charge on any atom is -0.445 e. The van der Waals surface area contributed by atoms with Gasteiger partial charge in [-0.05, 0) is 49.1 Å². The van der Waals surface area contributed by atoms with E-state index in [9.17, 15) is 9.59 Å². The van der Waals surface area contributed by atoms with Crippen LogP contribution in [0.2, 0.25) is 5.02 Å². The van der Waals surface area contributed by atoms with Crippen LogP contribution in [0.4, 0.5) is 15.3 Å². The quantitative estimate of drug-likeness (QED) is 0.528. The Bertz CT molecular complexity index is 1230. The van der Waals surface area contributed by atoms with Gasteiger partial charge in [-0.25, -0.2) is 9.59 Å². The normalized spacial score (nSPS) is 18.4. The lowest BCUT2D eigenvalue weighted by Crippen LogP contribution is -2.53. The van der Waals surface area contributed by atoms with Gasteiger partial charge in [-0.3, -0.25) is 4.98 Å². The Kier molecular flexibility index (Phi) is 7.94. The van der Waals surface area contributed by atoms with Crippen LogP contribution >= 0.6 is 11.6 Å². The van der Waals surface area contributed by atoms with Gasteiger partial charge in [0.2, 0.25) is 0 Å². The van der Waals surface area contributed by atoms with E-state index in [0.717, 1.165) is 54.5 Å². The van der Waals surface area contributed by atoms with E-state index in [1.807, 2.05) is 59.5 Å². The van der Waals surface area contributed by atoms with Crippen molar-refractivity contribution in [3.05, 3.63) is 71.4 Å². The lowest BCUT2D eigenvalue weighted by molar-refractivity contribution is 0.0972. The van der Waals surface area contributed by atoms with E-state index in [1.54, 1.807) is 11.1 Å². The number of amides is 3. The van der Waals surface area contributed by atoms with E-state index < -0.39 is 0 Å². The summed E-state index contributed by atoms with van der Waals surface area (Å²) >= 11 is 6.13. The Morgan fingerprint density at radius 3 is 2.57 bits per heavy atom. The van der Waals surface area contributed by atoms with Crippen molar-refractivity contribution in [2.24, 2.45) is 0 Å². The molecule has 3 amide bonds. The summed E-state index contributed by atoms with van der Waals surface area (Å²) in [6.45, 7) is 4.28. The standard InChI is InChI=1S/C28H32ClN5O3/c29-22-8-9-24-25(19-22)30-12-10-26(24)32-15-17-33(18-16-32)27(35)31-23-7-4-13-34(14-11-23)28(36)37-20-21-5-2-1-3-6-21/h1-3,5-6,8-10,12,19,23H,4,7,11,13-18,20H2,(H,31,35). The lowest BCUT2D eigenvalue weighted by Gasteiger charge is -2.37. The number of hydrogen-bond donors (Lipinski definition) is 1. The number of carbonyl (C=O) groups excluding carboxylic acids is 2. The minimum atomic E-state index is -0.294. The highest BCUT2D eigenvalue weighted by Gasteiger charge is 2.26. The molecule has 5 rings (SSSR count). The molecule has 1 N–H and O–H groups in total. The molecule has 0 saturated carbocycles. The molecule has 194 valence electrons. The summed E-state index contributed by atoms with van der Waals surface area (Å²) in [7, 11) is 0. The molecule has 2 saturated heterocycles. The molecule has 2 aliphatic rings. The Balaban J connectivity index is 1.09. The predicted octanol–water partition coefficient (Wildman–Crippen LogP) is 4.91. The summed E-state index contributed by atoms with van der Waals surface area (Å²) in [6, 6.07) is 17.5. The number of likely N-dealkylation sites (tertiary alicyclic amines) is 1. The van der Waals surface area contributed by atoms with Crippen LogP contribution in [0, 0.1) is 0 Å². The summed E-state index contributed by atoms with van der Waals surface area (Å²) < 4.78 is 5.49. The van der Waals surface area contributed by atoms with Gasteiger partial charge in [0, 0.05) is 67.6 Å². The molecule has 2 aromatic carbocycles. The first kappa shape index (κ1) is 25.1. The van der Waals surface area contributed by atoms with Gasteiger partial charge in [0.15, 0.2) is 0 Å². The van der Waals surface area contributed by atoms with E-state index in [2.05, 4.69) is 15.2 Å². The third-order valence-electron chi connectivity index (χ3n) is 7.11. The highest BCUT2D eigenvalue weighted by molar-refractivity contribution is 6.31. The number of aromatic nitrogens is 1. The number of hydrogen-bond acceptors (Lipinski definition) is 5. The molecular weight excluding hydrogens is 490 g/mol. The van der Waals surface area contributed by atoms with Gasteiger partial charge >= 0.3 is 12.1 Å². The number of carbonyl (C=O) groups is 2. The number of pyridine rings is 1. The van der Waals surface area contributed by atoms with Crippen molar-refractivity contribution in [2.75, 3.05) is 44.2 Å². The molecule has 0 bridgehead atoms. The van der Waals surface area contributed by atoms with Gasteiger partial charge in [-0.1, -0.05) is 41.9 Å². The van der Waals surface area contributed by atoms with Crippen LogP contribution in [0.5, 0.6) is 0 Å². The summed E-state index contributed by atoms with van der Waals surface area (Å²) in [4.78, 5) is 35.9. The Morgan fingerprint density at radius 1 is 0.946 bits per heavy atom. The summed E-state index contributed by atoms with van der Waals surface area (Å²) in [6.07, 6.45) is 3.91. The topological polar surface area (TPSA) is 78.0 Å². The summed E-state index contributed by atoms with van der Waals surface area (Å²) in [5.74, 6) is 0. The molecule has 1 aromatic heterocycles. The highest BCUT2D eigenvalue weighted by Crippen LogP contribution is 2.28. The smallest absolute Gasteiger partial charge is 0.410 e. The number of halogens is 1. The second-order valence-corrected chi connectivity index (χ2v) is 10.0. The van der Waals surface area contributed by atoms with Gasteiger partial charge in [-0.15, -0.1) is 0 Å². The van der Waals surface area contributed by atoms with Crippen LogP contribution in [-0.4, -0.2) is 72.2 Å². The van der Waals surface area contributed by atoms with Crippen molar-refractivity contribution in [1.82, 2.24) is 20.1 Å². The average molecular weight is 522 g/mol. The maximum Gasteiger partial charge on any atom is 0.410 e. The van der Waals surface area contributed by atoms with Crippen molar-refractivity contribution in [3.8, 4) is 0 Å². The molecule has 0 spiro atoms. The third-order valence-corrected chi connectivity index (χ3v) is 7.34. The Hall–Kier alpha value is -3.52. The molecule has 3 heterocycles. The molecule has 0 radical (unpaired) electrons. The van der Waals surface area contributed by atoms with E-state index in [4.69, 9.17) is 16.3 Å². The van der Waals surface area contributed by atoms with Crippen LogP contribution < -0.4 is 10.2 Å². The molecule has 8 nitrogen and oxygen atoms in total. The van der Waals surface area contributed by atoms with Gasteiger partial charge in [0.05, 0.1) is 5.52 Å². The highest BCUT2D eigenvalue weighted by atomic mass is 35.5. The summed E-state index contributed by atoms with van der Waals surface area (Å²) in [5.41, 5.74) is 2.96. The number of urea groups is 1. The van der Waals surface area contributed by atoms with Gasteiger partial charge in [0.1, 0.15) is 6.61 Å². The fraction of sp³-hybridized carbons (Fsp3) is 0.393. The maximum absolute atomic E-state index is 13.0. The van der Waals surface area contributed by atoms with Crippen LogP contribution in [0.1, 0.15) is 24.8 Å². The van der Waals surface area contributed by atoms with Crippen LogP contribution in [-0.2, 0) is 11.3 Å². The predicted molar refractivity (Wildman–Crippen MR) is 145 cm³/mol. The monoisotopic (exact) mass is 521 g/mol. The molecule has 9 heteroatoms. The van der Waals surface area contributed by atoms with Crippen LogP contribution in [0.25, 0.3) is 10.9 Å². The second-order valence-electron chi connectivity index (χ2n) is 9.57. The lowest BCUT2D eigenvalue weighted by atomic mass is 10.1. The molecule has 0 aliphatic carbocycles. The summed E-state index contributed by atoms with van der Waals surface area (Å²) in [5, 5.41) is 4.94. The molecule has 37 heavy (non-hydrogen) atoms. The van der Waals surface area contributed by atoms with Crippen LogP contribution in [0.3, 0.4) is 0 Å². The largest absolute Gasteiger partial charge is 0.445 e. The van der Waals surface area contributed by atoms with Crippen molar-refractivity contribution < 1.29 is 14.3 Å². The molecule has 1 atom stereocenters. The van der Waals surface area contributed by atoms with Gasteiger partial charge in [0.25, 0.3) is 0 Å². The number of rotatable bonds is 4. The SMILES string of the molecule is O=C(NC1CCCN(C(=O)OCc2ccccc2)CC1)N1CCN(c2ccnc3cc(Cl)ccc23)CC1. The third kappa shape index (κ3) is 6.25. The Morgan fingerprint density at radius 2 is 1.76 bits per heavy atom. The zero-order valence-corrected chi connectivity index (χ0v) is 21.6. The minimum absolute atomic E-state index is 0.0314. The van der Waals surface area contributed by atoms with E-state index >= 15 is 0 Å². The number of piperazine rings is 1. The van der Waals surface area contributed by atoms with Crippen molar-refractivity contribution >= 4 is 40.3 Å². The number of benzene rings is 2. The molecule has 3 aromatic rings.